The van der Waals surface area contributed by atoms with Gasteiger partial charge in [-0.05, 0) is 34.4 Å². The largest absolute Gasteiger partial charge is 0.488 e. The van der Waals surface area contributed by atoms with E-state index in [1.165, 1.54) is 0 Å². The lowest BCUT2D eigenvalue weighted by atomic mass is 9.98. The Labute approximate surface area is 198 Å². The molecule has 172 valence electrons. The molecule has 0 atom stereocenters. The SMILES string of the molecule is O=C(Nc1ccccc1CP(=O)(O)O)c1c(OCc2ccccc2)cccc1-c1ccccc1. The zero-order chi connectivity index (χ0) is 24.0. The van der Waals surface area contributed by atoms with Crippen molar-refractivity contribution in [1.29, 1.82) is 0 Å². The summed E-state index contributed by atoms with van der Waals surface area (Å²) in [4.78, 5) is 32.5. The standard InChI is InChI=1S/C27H24NO5P/c29-27(28-24-16-8-7-14-22(24)19-34(30,31)32)26-23(21-12-5-2-6-13-21)15-9-17-25(26)33-18-20-10-3-1-4-11-20/h1-17H,18-19H2,(H,28,29)(H2,30,31,32). The van der Waals surface area contributed by atoms with Gasteiger partial charge in [0.2, 0.25) is 0 Å². The molecular weight excluding hydrogens is 449 g/mol. The maximum atomic E-state index is 13.6. The fourth-order valence-electron chi connectivity index (χ4n) is 3.67. The van der Waals surface area contributed by atoms with Gasteiger partial charge in [-0.1, -0.05) is 91.0 Å². The van der Waals surface area contributed by atoms with Gasteiger partial charge in [-0.3, -0.25) is 9.36 Å². The lowest BCUT2D eigenvalue weighted by Crippen LogP contribution is -2.16. The van der Waals surface area contributed by atoms with Crippen molar-refractivity contribution in [2.24, 2.45) is 0 Å². The molecule has 0 unspecified atom stereocenters. The smallest absolute Gasteiger partial charge is 0.329 e. The molecule has 0 radical (unpaired) electrons. The van der Waals surface area contributed by atoms with Gasteiger partial charge < -0.3 is 19.8 Å². The van der Waals surface area contributed by atoms with Crippen LogP contribution in [0, 0.1) is 0 Å². The van der Waals surface area contributed by atoms with Crippen molar-refractivity contribution in [2.75, 3.05) is 5.32 Å². The fourth-order valence-corrected chi connectivity index (χ4v) is 4.39. The molecule has 7 heteroatoms. The van der Waals surface area contributed by atoms with Crippen LogP contribution in [0.15, 0.2) is 103 Å². The minimum absolute atomic E-state index is 0.286. The number of carbonyl (C=O) groups excluding carboxylic acids is 1. The van der Waals surface area contributed by atoms with Gasteiger partial charge in [0, 0.05) is 5.69 Å². The van der Waals surface area contributed by atoms with E-state index in [4.69, 9.17) is 4.74 Å². The van der Waals surface area contributed by atoms with Gasteiger partial charge in [-0.2, -0.15) is 0 Å². The van der Waals surface area contributed by atoms with Crippen molar-refractivity contribution in [3.63, 3.8) is 0 Å². The van der Waals surface area contributed by atoms with Crippen LogP contribution in [0.4, 0.5) is 5.69 Å². The Bertz CT molecular complexity index is 1320. The van der Waals surface area contributed by atoms with Crippen LogP contribution in [0.2, 0.25) is 0 Å². The quantitative estimate of drug-likeness (QED) is 0.279. The van der Waals surface area contributed by atoms with Crippen LogP contribution in [0.5, 0.6) is 5.75 Å². The van der Waals surface area contributed by atoms with Gasteiger partial charge in [0.05, 0.1) is 11.7 Å². The molecule has 0 bridgehead atoms. The van der Waals surface area contributed by atoms with Crippen molar-refractivity contribution in [2.45, 2.75) is 12.8 Å². The van der Waals surface area contributed by atoms with Crippen LogP contribution < -0.4 is 10.1 Å². The molecule has 0 aliphatic heterocycles. The molecule has 4 aromatic carbocycles. The molecule has 0 heterocycles. The lowest BCUT2D eigenvalue weighted by molar-refractivity contribution is 0.102. The third-order valence-corrected chi connectivity index (χ3v) is 5.97. The predicted octanol–water partition coefficient (Wildman–Crippen LogP) is 5.86. The number of benzene rings is 4. The molecule has 0 saturated carbocycles. The topological polar surface area (TPSA) is 95.9 Å². The molecule has 0 aliphatic carbocycles. The molecule has 0 aliphatic rings. The lowest BCUT2D eigenvalue weighted by Gasteiger charge is -2.17. The summed E-state index contributed by atoms with van der Waals surface area (Å²) in [6.45, 7) is 0.286. The van der Waals surface area contributed by atoms with Crippen molar-refractivity contribution < 1.29 is 23.9 Å². The van der Waals surface area contributed by atoms with E-state index in [2.05, 4.69) is 5.32 Å². The molecule has 34 heavy (non-hydrogen) atoms. The van der Waals surface area contributed by atoms with E-state index >= 15 is 0 Å². The highest BCUT2D eigenvalue weighted by atomic mass is 31.2. The van der Waals surface area contributed by atoms with Gasteiger partial charge in [0.25, 0.3) is 5.91 Å². The van der Waals surface area contributed by atoms with E-state index in [9.17, 15) is 19.1 Å². The fraction of sp³-hybridized carbons (Fsp3) is 0.0741. The predicted molar refractivity (Wildman–Crippen MR) is 133 cm³/mol. The first kappa shape index (κ1) is 23.5. The summed E-state index contributed by atoms with van der Waals surface area (Å²) >= 11 is 0. The summed E-state index contributed by atoms with van der Waals surface area (Å²) in [6, 6.07) is 31.2. The van der Waals surface area contributed by atoms with Crippen molar-refractivity contribution in [3.05, 3.63) is 120 Å². The Balaban J connectivity index is 1.72. The van der Waals surface area contributed by atoms with Crippen LogP contribution in [-0.4, -0.2) is 15.7 Å². The molecule has 0 saturated heterocycles. The molecule has 4 aromatic rings. The van der Waals surface area contributed by atoms with Crippen LogP contribution in [0.3, 0.4) is 0 Å². The zero-order valence-electron chi connectivity index (χ0n) is 18.3. The van der Waals surface area contributed by atoms with Gasteiger partial charge in [-0.25, -0.2) is 0 Å². The number of hydrogen-bond acceptors (Lipinski definition) is 3. The van der Waals surface area contributed by atoms with Gasteiger partial charge >= 0.3 is 7.60 Å². The summed E-state index contributed by atoms with van der Waals surface area (Å²) in [5.74, 6) is -0.0177. The zero-order valence-corrected chi connectivity index (χ0v) is 19.2. The normalized spacial score (nSPS) is 11.1. The highest BCUT2D eigenvalue weighted by Gasteiger charge is 2.22. The average molecular weight is 473 g/mol. The minimum atomic E-state index is -4.32. The highest BCUT2D eigenvalue weighted by molar-refractivity contribution is 7.50. The van der Waals surface area contributed by atoms with Crippen molar-refractivity contribution in [3.8, 4) is 16.9 Å². The number of amides is 1. The number of rotatable bonds is 8. The molecular formula is C27H24NO5P. The highest BCUT2D eigenvalue weighted by Crippen LogP contribution is 2.41. The Kier molecular flexibility index (Phi) is 7.24. The van der Waals surface area contributed by atoms with Crippen LogP contribution in [0.1, 0.15) is 21.5 Å². The van der Waals surface area contributed by atoms with Crippen LogP contribution in [-0.2, 0) is 17.3 Å². The maximum Gasteiger partial charge on any atom is 0.329 e. The second-order valence-corrected chi connectivity index (χ2v) is 9.40. The molecule has 0 fully saturated rings. The third kappa shape index (κ3) is 6.00. The van der Waals surface area contributed by atoms with Crippen LogP contribution >= 0.6 is 7.60 Å². The summed E-state index contributed by atoms with van der Waals surface area (Å²) in [5.41, 5.74) is 3.54. The number of anilines is 1. The summed E-state index contributed by atoms with van der Waals surface area (Å²) in [7, 11) is -4.32. The monoisotopic (exact) mass is 473 g/mol. The Morgan fingerprint density at radius 2 is 1.44 bits per heavy atom. The Morgan fingerprint density at radius 1 is 0.794 bits per heavy atom. The Hall–Kier alpha value is -3.70. The van der Waals surface area contributed by atoms with E-state index in [0.717, 1.165) is 11.1 Å². The summed E-state index contributed by atoms with van der Waals surface area (Å²) < 4.78 is 17.7. The average Bonchev–Trinajstić information content (AvgIpc) is 2.84. The van der Waals surface area contributed by atoms with E-state index in [-0.39, 0.29) is 6.61 Å². The van der Waals surface area contributed by atoms with E-state index < -0.39 is 19.7 Å². The summed E-state index contributed by atoms with van der Waals surface area (Å²) in [6.07, 6.45) is -0.471. The number of nitrogens with one attached hydrogen (secondary N) is 1. The van der Waals surface area contributed by atoms with Gasteiger partial charge in [-0.15, -0.1) is 0 Å². The first-order chi connectivity index (χ1) is 16.4. The number of ether oxygens (including phenoxy) is 1. The van der Waals surface area contributed by atoms with Gasteiger partial charge in [0.1, 0.15) is 12.4 Å². The molecule has 0 aromatic heterocycles. The van der Waals surface area contributed by atoms with E-state index in [1.54, 1.807) is 30.3 Å². The first-order valence-corrected chi connectivity index (χ1v) is 12.5. The number of hydrogen-bond donors (Lipinski definition) is 3. The van der Waals surface area contributed by atoms with Crippen molar-refractivity contribution >= 4 is 19.2 Å². The van der Waals surface area contributed by atoms with Crippen LogP contribution in [0.25, 0.3) is 11.1 Å². The summed E-state index contributed by atoms with van der Waals surface area (Å²) in [5, 5.41) is 2.84. The second-order valence-electron chi connectivity index (χ2n) is 7.75. The van der Waals surface area contributed by atoms with E-state index in [1.807, 2.05) is 72.8 Å². The molecule has 0 spiro atoms. The first-order valence-electron chi connectivity index (χ1n) is 10.7. The maximum absolute atomic E-state index is 13.6. The van der Waals surface area contributed by atoms with Gasteiger partial charge in [0.15, 0.2) is 0 Å². The Morgan fingerprint density at radius 3 is 2.15 bits per heavy atom. The molecule has 4 rings (SSSR count). The van der Waals surface area contributed by atoms with E-state index in [0.29, 0.717) is 28.1 Å². The van der Waals surface area contributed by atoms with Crippen molar-refractivity contribution in [1.82, 2.24) is 0 Å². The minimum Gasteiger partial charge on any atom is -0.488 e. The molecule has 3 N–H and O–H groups in total. The number of carbonyl (C=O) groups is 1. The molecule has 6 nitrogen and oxygen atoms in total. The number of para-hydroxylation sites is 1. The molecule has 1 amide bonds. The second kappa shape index (κ2) is 10.5. The third-order valence-electron chi connectivity index (χ3n) is 5.22.